The normalized spacial score (nSPS) is 11.2. The number of aromatic nitrogens is 1. The molecule has 0 radical (unpaired) electrons. The summed E-state index contributed by atoms with van der Waals surface area (Å²) in [6, 6.07) is 13.0. The molecule has 0 atom stereocenters. The fourth-order valence-corrected chi connectivity index (χ4v) is 4.17. The van der Waals surface area contributed by atoms with E-state index in [9.17, 15) is 9.59 Å². The van der Waals surface area contributed by atoms with E-state index < -0.39 is 5.97 Å². The number of hydrogen-bond acceptors (Lipinski definition) is 7. The highest BCUT2D eigenvalue weighted by atomic mass is 35.5. The van der Waals surface area contributed by atoms with E-state index in [0.29, 0.717) is 24.6 Å². The van der Waals surface area contributed by atoms with Gasteiger partial charge in [-0.2, -0.15) is 0 Å². The average molecular weight is 486 g/mol. The van der Waals surface area contributed by atoms with E-state index in [2.05, 4.69) is 17.1 Å². The quantitative estimate of drug-likeness (QED) is 0.160. The molecule has 0 amide bonds. The number of benzene rings is 2. The first-order valence-electron chi connectivity index (χ1n) is 11.7. The molecule has 34 heavy (non-hydrogen) atoms. The van der Waals surface area contributed by atoms with Crippen LogP contribution in [0.3, 0.4) is 0 Å². The van der Waals surface area contributed by atoms with Gasteiger partial charge in [-0.3, -0.25) is 4.79 Å². The maximum atomic E-state index is 12.3. The number of anilines is 1. The van der Waals surface area contributed by atoms with Crippen molar-refractivity contribution in [1.82, 2.24) is 9.88 Å². The predicted octanol–water partition coefficient (Wildman–Crippen LogP) is 4.86. The molecule has 1 aromatic heterocycles. The Morgan fingerprint density at radius 2 is 1.85 bits per heavy atom. The highest BCUT2D eigenvalue weighted by Gasteiger charge is 2.13. The Hall–Kier alpha value is -2.90. The first-order chi connectivity index (χ1) is 16.6. The number of fused-ring (bicyclic) bond motifs is 2. The molecule has 8 heteroatoms. The van der Waals surface area contributed by atoms with Gasteiger partial charge in [0.15, 0.2) is 0 Å². The Labute approximate surface area is 205 Å². The zero-order valence-electron chi connectivity index (χ0n) is 19.8. The minimum Gasteiger partial charge on any atom is -0.466 e. The van der Waals surface area contributed by atoms with E-state index in [1.165, 1.54) is 7.11 Å². The van der Waals surface area contributed by atoms with Gasteiger partial charge >= 0.3 is 11.9 Å². The third-order valence-electron chi connectivity index (χ3n) is 5.55. The van der Waals surface area contributed by atoms with E-state index in [1.54, 1.807) is 18.2 Å². The van der Waals surface area contributed by atoms with Gasteiger partial charge in [-0.25, -0.2) is 9.78 Å². The third-order valence-corrected chi connectivity index (χ3v) is 5.72. The lowest BCUT2D eigenvalue weighted by molar-refractivity contribution is -0.143. The first-order valence-corrected chi connectivity index (χ1v) is 12.2. The van der Waals surface area contributed by atoms with Gasteiger partial charge in [0.25, 0.3) is 0 Å². The summed E-state index contributed by atoms with van der Waals surface area (Å²) in [7, 11) is 1.36. The zero-order valence-corrected chi connectivity index (χ0v) is 20.6. The largest absolute Gasteiger partial charge is 0.466 e. The van der Waals surface area contributed by atoms with Crippen molar-refractivity contribution < 1.29 is 19.1 Å². The van der Waals surface area contributed by atoms with Gasteiger partial charge in [-0.1, -0.05) is 25.1 Å². The molecule has 0 aliphatic heterocycles. The number of methoxy groups -OCH3 is 1. The molecule has 0 unspecified atom stereocenters. The molecule has 0 spiro atoms. The first kappa shape index (κ1) is 25.7. The number of nitrogens with zero attached hydrogens (tertiary/aromatic N) is 2. The van der Waals surface area contributed by atoms with Crippen LogP contribution >= 0.6 is 11.6 Å². The van der Waals surface area contributed by atoms with E-state index in [0.717, 1.165) is 60.0 Å². The van der Waals surface area contributed by atoms with Crippen molar-refractivity contribution in [2.45, 2.75) is 26.2 Å². The van der Waals surface area contributed by atoms with Crippen molar-refractivity contribution in [1.29, 1.82) is 0 Å². The number of rotatable bonds is 13. The predicted molar refractivity (Wildman–Crippen MR) is 137 cm³/mol. The van der Waals surface area contributed by atoms with Crippen molar-refractivity contribution >= 4 is 51.0 Å². The monoisotopic (exact) mass is 485 g/mol. The Morgan fingerprint density at radius 3 is 2.62 bits per heavy atom. The number of esters is 2. The van der Waals surface area contributed by atoms with Crippen LogP contribution in [0.1, 0.15) is 36.5 Å². The highest BCUT2D eigenvalue weighted by Crippen LogP contribution is 2.31. The van der Waals surface area contributed by atoms with Crippen LogP contribution in [0.25, 0.3) is 21.8 Å². The van der Waals surface area contributed by atoms with Gasteiger partial charge in [0.2, 0.25) is 0 Å². The molecule has 7 nitrogen and oxygen atoms in total. The number of nitrogens with one attached hydrogen (secondary N) is 1. The van der Waals surface area contributed by atoms with Crippen LogP contribution < -0.4 is 5.32 Å². The van der Waals surface area contributed by atoms with Crippen LogP contribution in [0.5, 0.6) is 0 Å². The SMILES string of the molecule is CCCN(CCCl)CCCOC(=O)CCNc1c2ccccc2nc2ccc(C(=O)OC)cc12. The molecule has 0 bridgehead atoms. The summed E-state index contributed by atoms with van der Waals surface area (Å²) >= 11 is 5.85. The molecule has 182 valence electrons. The smallest absolute Gasteiger partial charge is 0.337 e. The zero-order chi connectivity index (χ0) is 24.3. The summed E-state index contributed by atoms with van der Waals surface area (Å²) in [5.41, 5.74) is 2.86. The fourth-order valence-electron chi connectivity index (χ4n) is 3.93. The second-order valence-electron chi connectivity index (χ2n) is 8.01. The van der Waals surface area contributed by atoms with E-state index in [1.807, 2.05) is 24.3 Å². The van der Waals surface area contributed by atoms with Crippen LogP contribution in [0.4, 0.5) is 5.69 Å². The van der Waals surface area contributed by atoms with Gasteiger partial charge < -0.3 is 19.7 Å². The van der Waals surface area contributed by atoms with Gasteiger partial charge in [-0.15, -0.1) is 11.6 Å². The van der Waals surface area contributed by atoms with Crippen LogP contribution in [0.2, 0.25) is 0 Å². The Bertz CT molecular complexity index is 1120. The maximum absolute atomic E-state index is 12.3. The fraction of sp³-hybridized carbons (Fsp3) is 0.423. The summed E-state index contributed by atoms with van der Waals surface area (Å²) in [5, 5.41) is 5.09. The van der Waals surface area contributed by atoms with Gasteiger partial charge in [0.1, 0.15) is 0 Å². The summed E-state index contributed by atoms with van der Waals surface area (Å²) in [4.78, 5) is 31.3. The third kappa shape index (κ3) is 6.81. The number of carbonyl (C=O) groups is 2. The molecule has 2 aromatic carbocycles. The number of hydrogen-bond donors (Lipinski definition) is 1. The topological polar surface area (TPSA) is 80.8 Å². The molecular weight excluding hydrogens is 454 g/mol. The number of pyridine rings is 1. The van der Waals surface area contributed by atoms with Crippen LogP contribution in [-0.4, -0.2) is 67.6 Å². The molecular formula is C26H32ClN3O4. The van der Waals surface area contributed by atoms with Crippen molar-refractivity contribution in [3.05, 3.63) is 48.0 Å². The molecule has 0 saturated carbocycles. The molecule has 1 N–H and O–H groups in total. The number of halogens is 1. The standard InChI is InChI=1S/C26H32ClN3O4/c1-3-14-30(16-12-27)15-6-17-34-24(31)11-13-28-25-20-7-4-5-8-22(20)29-23-10-9-19(18-21(23)25)26(32)33-2/h4-5,7-10,18H,3,6,11-17H2,1-2H3,(H,28,29). The summed E-state index contributed by atoms with van der Waals surface area (Å²) in [5.74, 6) is -0.0526. The summed E-state index contributed by atoms with van der Waals surface area (Å²) < 4.78 is 10.3. The van der Waals surface area contributed by atoms with Crippen molar-refractivity contribution in [3.8, 4) is 0 Å². The van der Waals surface area contributed by atoms with Crippen LogP contribution in [-0.2, 0) is 14.3 Å². The van der Waals surface area contributed by atoms with E-state index in [4.69, 9.17) is 26.1 Å². The highest BCUT2D eigenvalue weighted by molar-refractivity contribution is 6.18. The summed E-state index contributed by atoms with van der Waals surface area (Å²) in [6.45, 7) is 5.64. The lowest BCUT2D eigenvalue weighted by Crippen LogP contribution is -2.28. The minimum atomic E-state index is -0.409. The van der Waals surface area contributed by atoms with Gasteiger partial charge in [-0.05, 0) is 43.7 Å². The lowest BCUT2D eigenvalue weighted by Gasteiger charge is -2.20. The maximum Gasteiger partial charge on any atom is 0.337 e. The van der Waals surface area contributed by atoms with E-state index in [-0.39, 0.29) is 12.4 Å². The summed E-state index contributed by atoms with van der Waals surface area (Å²) in [6.07, 6.45) is 2.09. The second-order valence-corrected chi connectivity index (χ2v) is 8.39. The average Bonchev–Trinajstić information content (AvgIpc) is 2.85. The molecule has 0 fully saturated rings. The van der Waals surface area contributed by atoms with Crippen molar-refractivity contribution in [2.24, 2.45) is 0 Å². The van der Waals surface area contributed by atoms with Gasteiger partial charge in [0.05, 0.1) is 42.4 Å². The molecule has 0 aliphatic rings. The molecule has 0 aliphatic carbocycles. The number of ether oxygens (including phenoxy) is 2. The number of alkyl halides is 1. The minimum absolute atomic E-state index is 0.231. The van der Waals surface area contributed by atoms with E-state index >= 15 is 0 Å². The molecule has 0 saturated heterocycles. The number of para-hydroxylation sites is 1. The molecule has 3 aromatic rings. The van der Waals surface area contributed by atoms with Crippen LogP contribution in [0.15, 0.2) is 42.5 Å². The Kier molecular flexibility index (Phi) is 9.91. The van der Waals surface area contributed by atoms with Gasteiger partial charge in [0, 0.05) is 36.3 Å². The Morgan fingerprint density at radius 1 is 1.06 bits per heavy atom. The molecule has 3 rings (SSSR count). The van der Waals surface area contributed by atoms with Crippen LogP contribution in [0, 0.1) is 0 Å². The Balaban J connectivity index is 1.63. The van der Waals surface area contributed by atoms with Crippen molar-refractivity contribution in [3.63, 3.8) is 0 Å². The van der Waals surface area contributed by atoms with Crippen molar-refractivity contribution in [2.75, 3.05) is 51.1 Å². The second kappa shape index (κ2) is 13.1. The number of carbonyl (C=O) groups excluding carboxylic acids is 2. The molecule has 1 heterocycles. The lowest BCUT2D eigenvalue weighted by atomic mass is 10.0.